The topological polar surface area (TPSA) is 70.4 Å². The first-order chi connectivity index (χ1) is 7.45. The number of hydrazine groups is 1. The molecule has 1 heterocycles. The summed E-state index contributed by atoms with van der Waals surface area (Å²) in [5, 5.41) is 2.79. The zero-order chi connectivity index (χ0) is 12.2. The average Bonchev–Trinajstić information content (AvgIpc) is 2.26. The van der Waals surface area contributed by atoms with E-state index in [2.05, 4.69) is 36.5 Å². The Morgan fingerprint density at radius 3 is 2.50 bits per heavy atom. The molecular formula is C11H24N4O. The number of urea groups is 1. The van der Waals surface area contributed by atoms with Crippen LogP contribution in [0.5, 0.6) is 0 Å². The molecule has 0 bridgehead atoms. The smallest absolute Gasteiger partial charge is 0.328 e. The van der Waals surface area contributed by atoms with Gasteiger partial charge < -0.3 is 10.2 Å². The van der Waals surface area contributed by atoms with Gasteiger partial charge in [-0.2, -0.15) is 0 Å². The Labute approximate surface area is 97.7 Å². The number of nitrogens with zero attached hydrogens (tertiary/aromatic N) is 1. The summed E-state index contributed by atoms with van der Waals surface area (Å²) in [5.41, 5.74) is 2.22. The highest BCUT2D eigenvalue weighted by Crippen LogP contribution is 2.33. The molecule has 1 fully saturated rings. The van der Waals surface area contributed by atoms with Crippen LogP contribution in [0.4, 0.5) is 4.79 Å². The van der Waals surface area contributed by atoms with Crippen LogP contribution in [-0.4, -0.2) is 37.6 Å². The van der Waals surface area contributed by atoms with Crippen LogP contribution >= 0.6 is 0 Å². The summed E-state index contributed by atoms with van der Waals surface area (Å²) in [7, 11) is 2.16. The molecule has 1 aliphatic heterocycles. The van der Waals surface area contributed by atoms with E-state index in [-0.39, 0.29) is 11.4 Å². The van der Waals surface area contributed by atoms with Gasteiger partial charge in [0, 0.05) is 6.54 Å². The van der Waals surface area contributed by atoms with Crippen molar-refractivity contribution in [3.8, 4) is 0 Å². The van der Waals surface area contributed by atoms with Crippen molar-refractivity contribution in [2.75, 3.05) is 26.7 Å². The number of hydrogen-bond acceptors (Lipinski definition) is 3. The highest BCUT2D eigenvalue weighted by molar-refractivity contribution is 5.73. The van der Waals surface area contributed by atoms with Gasteiger partial charge in [-0.25, -0.2) is 10.6 Å². The molecule has 16 heavy (non-hydrogen) atoms. The van der Waals surface area contributed by atoms with Crippen molar-refractivity contribution in [1.82, 2.24) is 15.6 Å². The molecule has 0 radical (unpaired) electrons. The molecule has 0 aromatic heterocycles. The molecule has 0 aliphatic carbocycles. The third-order valence-electron chi connectivity index (χ3n) is 3.66. The van der Waals surface area contributed by atoms with Crippen molar-refractivity contribution in [2.45, 2.75) is 26.7 Å². The van der Waals surface area contributed by atoms with Crippen LogP contribution in [0.2, 0.25) is 0 Å². The number of piperidine rings is 1. The Balaban J connectivity index is 2.40. The average molecular weight is 228 g/mol. The zero-order valence-electron chi connectivity index (χ0n) is 10.5. The van der Waals surface area contributed by atoms with Crippen molar-refractivity contribution in [2.24, 2.45) is 17.2 Å². The maximum absolute atomic E-state index is 11.0. The molecule has 1 aliphatic rings. The predicted octanol–water partition coefficient (Wildman–Crippen LogP) is 0.527. The Morgan fingerprint density at radius 1 is 1.44 bits per heavy atom. The Hall–Kier alpha value is -0.810. The molecule has 1 saturated heterocycles. The van der Waals surface area contributed by atoms with E-state index < -0.39 is 0 Å². The van der Waals surface area contributed by atoms with Crippen molar-refractivity contribution in [3.63, 3.8) is 0 Å². The Morgan fingerprint density at radius 2 is 2.00 bits per heavy atom. The minimum atomic E-state index is -0.305. The van der Waals surface area contributed by atoms with Gasteiger partial charge in [-0.05, 0) is 44.3 Å². The number of amides is 2. The predicted molar refractivity (Wildman–Crippen MR) is 64.7 cm³/mol. The van der Waals surface area contributed by atoms with E-state index in [9.17, 15) is 4.79 Å². The first-order valence-corrected chi connectivity index (χ1v) is 5.88. The van der Waals surface area contributed by atoms with E-state index in [0.29, 0.717) is 12.5 Å². The number of hydrogen-bond donors (Lipinski definition) is 3. The van der Waals surface area contributed by atoms with E-state index in [1.807, 2.05) is 0 Å². The van der Waals surface area contributed by atoms with Gasteiger partial charge in [0.25, 0.3) is 0 Å². The van der Waals surface area contributed by atoms with Gasteiger partial charge in [0.05, 0.1) is 0 Å². The van der Waals surface area contributed by atoms with Crippen molar-refractivity contribution in [3.05, 3.63) is 0 Å². The van der Waals surface area contributed by atoms with Crippen LogP contribution in [0.3, 0.4) is 0 Å². The number of carbonyl (C=O) groups excluding carboxylic acids is 1. The number of nitrogens with one attached hydrogen (secondary N) is 2. The normalized spacial score (nSPS) is 19.5. The van der Waals surface area contributed by atoms with Crippen LogP contribution in [-0.2, 0) is 0 Å². The molecule has 0 aromatic rings. The van der Waals surface area contributed by atoms with Crippen LogP contribution in [0.25, 0.3) is 0 Å². The standard InChI is InChI=1S/C11H24N4O/c1-11(2,8-13-10(16)14-12)9-4-6-15(3)7-5-9/h9H,4-8,12H2,1-3H3,(H2,13,14,16). The first kappa shape index (κ1) is 13.3. The van der Waals surface area contributed by atoms with Gasteiger partial charge in [0.1, 0.15) is 0 Å². The SMILES string of the molecule is CN1CCC(C(C)(C)CNC(=O)NN)CC1. The fraction of sp³-hybridized carbons (Fsp3) is 0.909. The molecule has 0 spiro atoms. The lowest BCUT2D eigenvalue weighted by atomic mass is 9.73. The maximum Gasteiger partial charge on any atom is 0.328 e. The second-order valence-electron chi connectivity index (χ2n) is 5.39. The summed E-state index contributed by atoms with van der Waals surface area (Å²) in [5.74, 6) is 5.70. The zero-order valence-corrected chi connectivity index (χ0v) is 10.5. The quantitative estimate of drug-likeness (QED) is 0.375. The highest BCUT2D eigenvalue weighted by Gasteiger charge is 2.31. The summed E-state index contributed by atoms with van der Waals surface area (Å²) in [4.78, 5) is 13.4. The summed E-state index contributed by atoms with van der Waals surface area (Å²) in [6.45, 7) is 7.39. The Kier molecular flexibility index (Phi) is 4.56. The van der Waals surface area contributed by atoms with Crippen LogP contribution < -0.4 is 16.6 Å². The van der Waals surface area contributed by atoms with Crippen LogP contribution in [0.15, 0.2) is 0 Å². The Bertz CT molecular complexity index is 234. The molecule has 94 valence electrons. The molecule has 5 nitrogen and oxygen atoms in total. The van der Waals surface area contributed by atoms with Crippen LogP contribution in [0.1, 0.15) is 26.7 Å². The van der Waals surface area contributed by atoms with Crippen LogP contribution in [0, 0.1) is 11.3 Å². The van der Waals surface area contributed by atoms with Crippen molar-refractivity contribution < 1.29 is 4.79 Å². The van der Waals surface area contributed by atoms with Gasteiger partial charge in [0.15, 0.2) is 0 Å². The molecule has 2 amide bonds. The monoisotopic (exact) mass is 228 g/mol. The minimum absolute atomic E-state index is 0.133. The number of nitrogens with two attached hydrogens (primary N) is 1. The first-order valence-electron chi connectivity index (χ1n) is 5.88. The second kappa shape index (κ2) is 5.50. The highest BCUT2D eigenvalue weighted by atomic mass is 16.2. The fourth-order valence-corrected chi connectivity index (χ4v) is 2.29. The van der Waals surface area contributed by atoms with Gasteiger partial charge in [0.2, 0.25) is 0 Å². The number of likely N-dealkylation sites (tertiary alicyclic amines) is 1. The largest absolute Gasteiger partial charge is 0.337 e. The molecule has 0 atom stereocenters. The summed E-state index contributed by atoms with van der Waals surface area (Å²) in [6, 6.07) is -0.305. The summed E-state index contributed by atoms with van der Waals surface area (Å²) >= 11 is 0. The van der Waals surface area contributed by atoms with E-state index in [1.165, 1.54) is 12.8 Å². The molecule has 1 rings (SSSR count). The molecule has 0 unspecified atom stereocenters. The number of rotatable bonds is 3. The van der Waals surface area contributed by atoms with Gasteiger partial charge in [-0.1, -0.05) is 13.8 Å². The van der Waals surface area contributed by atoms with E-state index >= 15 is 0 Å². The molecule has 4 N–H and O–H groups in total. The van der Waals surface area contributed by atoms with Gasteiger partial charge >= 0.3 is 6.03 Å². The lowest BCUT2D eigenvalue weighted by molar-refractivity contribution is 0.114. The molecule has 5 heteroatoms. The van der Waals surface area contributed by atoms with E-state index in [4.69, 9.17) is 5.84 Å². The van der Waals surface area contributed by atoms with Gasteiger partial charge in [-0.15, -0.1) is 0 Å². The van der Waals surface area contributed by atoms with Crippen molar-refractivity contribution >= 4 is 6.03 Å². The number of carbonyl (C=O) groups is 1. The molecule has 0 saturated carbocycles. The molecular weight excluding hydrogens is 204 g/mol. The summed E-state index contributed by atoms with van der Waals surface area (Å²) < 4.78 is 0. The summed E-state index contributed by atoms with van der Waals surface area (Å²) in [6.07, 6.45) is 2.41. The minimum Gasteiger partial charge on any atom is -0.337 e. The third-order valence-corrected chi connectivity index (χ3v) is 3.66. The van der Waals surface area contributed by atoms with Gasteiger partial charge in [-0.3, -0.25) is 5.43 Å². The van der Waals surface area contributed by atoms with Crippen molar-refractivity contribution in [1.29, 1.82) is 0 Å². The fourth-order valence-electron chi connectivity index (χ4n) is 2.29. The lowest BCUT2D eigenvalue weighted by Crippen LogP contribution is -2.47. The van der Waals surface area contributed by atoms with E-state index in [1.54, 1.807) is 0 Å². The lowest BCUT2D eigenvalue weighted by Gasteiger charge is -2.39. The maximum atomic E-state index is 11.0. The molecule has 0 aromatic carbocycles. The van der Waals surface area contributed by atoms with E-state index in [0.717, 1.165) is 13.1 Å². The third kappa shape index (κ3) is 3.64. The second-order valence-corrected chi connectivity index (χ2v) is 5.39.